The van der Waals surface area contributed by atoms with Crippen molar-refractivity contribution in [2.24, 2.45) is 0 Å². The summed E-state index contributed by atoms with van der Waals surface area (Å²) in [6.07, 6.45) is -0.769. The van der Waals surface area contributed by atoms with Gasteiger partial charge in [-0.3, -0.25) is 4.90 Å². The Labute approximate surface area is 184 Å². The molecule has 1 aromatic carbocycles. The van der Waals surface area contributed by atoms with Crippen LogP contribution in [-0.4, -0.2) is 81.2 Å². The summed E-state index contributed by atoms with van der Waals surface area (Å²) in [5.41, 5.74) is 0.640. The molecule has 3 rings (SSSR count). The predicted molar refractivity (Wildman–Crippen MR) is 113 cm³/mol. The first kappa shape index (κ1) is 23.8. The highest BCUT2D eigenvalue weighted by Crippen LogP contribution is 2.25. The van der Waals surface area contributed by atoms with Gasteiger partial charge in [0.25, 0.3) is 10.0 Å². The van der Waals surface area contributed by atoms with Crippen molar-refractivity contribution in [3.05, 3.63) is 52.7 Å². The van der Waals surface area contributed by atoms with E-state index < -0.39 is 22.1 Å². The van der Waals surface area contributed by atoms with Crippen molar-refractivity contribution in [3.8, 4) is 0 Å². The molecule has 0 radical (unpaired) electrons. The van der Waals surface area contributed by atoms with Gasteiger partial charge in [-0.25, -0.2) is 17.6 Å². The fourth-order valence-electron chi connectivity index (χ4n) is 3.23. The van der Waals surface area contributed by atoms with Crippen molar-refractivity contribution >= 4 is 27.3 Å². The molecule has 2 aromatic rings. The van der Waals surface area contributed by atoms with Crippen LogP contribution in [-0.2, 0) is 26.1 Å². The average molecular weight is 473 g/mol. The van der Waals surface area contributed by atoms with E-state index in [1.165, 1.54) is 28.9 Å². The number of thiophene rings is 1. The van der Waals surface area contributed by atoms with Gasteiger partial charge in [-0.1, -0.05) is 18.2 Å². The molecule has 31 heavy (non-hydrogen) atoms. The van der Waals surface area contributed by atoms with Crippen LogP contribution in [0, 0.1) is 5.82 Å². The largest absolute Gasteiger partial charge is 0.465 e. The Morgan fingerprint density at radius 2 is 1.97 bits per heavy atom. The summed E-state index contributed by atoms with van der Waals surface area (Å²) in [5.74, 6) is -0.924. The van der Waals surface area contributed by atoms with Crippen molar-refractivity contribution in [2.45, 2.75) is 16.9 Å². The zero-order valence-electron chi connectivity index (χ0n) is 17.1. The van der Waals surface area contributed by atoms with Crippen molar-refractivity contribution in [1.29, 1.82) is 0 Å². The molecule has 1 aliphatic heterocycles. The minimum Gasteiger partial charge on any atom is -0.465 e. The number of β-amino-alcohol motifs (C(OH)–C–C–N with tert-alkyl or cyclic N) is 1. The number of nitrogens with zero attached hydrogens (tertiary/aromatic N) is 2. The van der Waals surface area contributed by atoms with Crippen LogP contribution in [0.3, 0.4) is 0 Å². The molecule has 1 atom stereocenters. The van der Waals surface area contributed by atoms with Crippen molar-refractivity contribution in [2.75, 3.05) is 46.4 Å². The van der Waals surface area contributed by atoms with Gasteiger partial charge in [0, 0.05) is 43.7 Å². The Bertz CT molecular complexity index is 989. The summed E-state index contributed by atoms with van der Waals surface area (Å²) in [7, 11) is -2.45. The lowest BCUT2D eigenvalue weighted by atomic mass is 10.2. The molecule has 0 aliphatic carbocycles. The van der Waals surface area contributed by atoms with Gasteiger partial charge in [0.15, 0.2) is 0 Å². The maximum absolute atomic E-state index is 13.6. The van der Waals surface area contributed by atoms with Crippen LogP contribution in [0.4, 0.5) is 4.39 Å². The summed E-state index contributed by atoms with van der Waals surface area (Å²) < 4.78 is 50.7. The van der Waals surface area contributed by atoms with E-state index in [9.17, 15) is 22.7 Å². The number of carbonyl (C=O) groups excluding carboxylic acids is 1. The number of benzene rings is 1. The zero-order chi connectivity index (χ0) is 22.4. The lowest BCUT2D eigenvalue weighted by molar-refractivity contribution is 0.00470. The van der Waals surface area contributed by atoms with Crippen LogP contribution < -0.4 is 0 Å². The topological polar surface area (TPSA) is 96.4 Å². The number of piperazine rings is 1. The first-order valence-electron chi connectivity index (χ1n) is 9.70. The molecule has 0 saturated carbocycles. The van der Waals surface area contributed by atoms with Crippen LogP contribution in [0.25, 0.3) is 0 Å². The third-order valence-corrected chi connectivity index (χ3v) is 8.23. The number of sulfonamides is 1. The second-order valence-electron chi connectivity index (χ2n) is 7.11. The summed E-state index contributed by atoms with van der Waals surface area (Å²) >= 11 is 0.986. The van der Waals surface area contributed by atoms with Crippen LogP contribution >= 0.6 is 11.3 Å². The summed E-state index contributed by atoms with van der Waals surface area (Å²) in [4.78, 5) is 13.5. The van der Waals surface area contributed by atoms with Crippen molar-refractivity contribution in [3.63, 3.8) is 0 Å². The first-order valence-corrected chi connectivity index (χ1v) is 12.0. The number of halogens is 1. The molecule has 1 aromatic heterocycles. The Morgan fingerprint density at radius 1 is 1.26 bits per heavy atom. The van der Waals surface area contributed by atoms with E-state index in [0.717, 1.165) is 11.3 Å². The van der Waals surface area contributed by atoms with Crippen LogP contribution in [0.15, 0.2) is 39.9 Å². The highest BCUT2D eigenvalue weighted by molar-refractivity contribution is 7.91. The summed E-state index contributed by atoms with van der Waals surface area (Å²) in [6.45, 7) is 1.92. The molecule has 1 unspecified atom stereocenters. The SMILES string of the molecule is COC(=O)c1csc(S(=O)(=O)N2CCN(CC(O)COCc3ccccc3F)CC2)c1. The van der Waals surface area contributed by atoms with Crippen molar-refractivity contribution in [1.82, 2.24) is 9.21 Å². The molecular formula is C20H25FN2O6S2. The lowest BCUT2D eigenvalue weighted by Gasteiger charge is -2.34. The number of esters is 1. The monoisotopic (exact) mass is 472 g/mol. The minimum atomic E-state index is -3.69. The molecule has 11 heteroatoms. The van der Waals surface area contributed by atoms with E-state index in [2.05, 4.69) is 4.74 Å². The van der Waals surface area contributed by atoms with E-state index in [0.29, 0.717) is 25.2 Å². The molecule has 170 valence electrons. The number of aliphatic hydroxyl groups excluding tert-OH is 1. The number of methoxy groups -OCH3 is 1. The van der Waals surface area contributed by atoms with E-state index >= 15 is 0 Å². The van der Waals surface area contributed by atoms with Gasteiger partial charge >= 0.3 is 5.97 Å². The highest BCUT2D eigenvalue weighted by Gasteiger charge is 2.30. The molecule has 8 nitrogen and oxygen atoms in total. The molecule has 0 bridgehead atoms. The van der Waals surface area contributed by atoms with E-state index in [1.54, 1.807) is 18.2 Å². The number of carbonyl (C=O) groups is 1. The maximum Gasteiger partial charge on any atom is 0.338 e. The first-order chi connectivity index (χ1) is 14.8. The highest BCUT2D eigenvalue weighted by atomic mass is 32.2. The normalized spacial score (nSPS) is 16.9. The number of ether oxygens (including phenoxy) is 2. The molecule has 0 spiro atoms. The fraction of sp³-hybridized carbons (Fsp3) is 0.450. The molecular weight excluding hydrogens is 447 g/mol. The fourth-order valence-corrected chi connectivity index (χ4v) is 5.95. The standard InChI is InChI=1S/C20H25FN2O6S2/c1-28-20(25)16-10-19(30-14-16)31(26,27)23-8-6-22(7-9-23)11-17(24)13-29-12-15-4-2-3-5-18(15)21/h2-5,10,14,17,24H,6-9,11-13H2,1H3. The van der Waals surface area contributed by atoms with Gasteiger partial charge in [0.1, 0.15) is 10.0 Å². The lowest BCUT2D eigenvalue weighted by Crippen LogP contribution is -2.50. The summed E-state index contributed by atoms with van der Waals surface area (Å²) in [5, 5.41) is 11.7. The molecule has 0 amide bonds. The van der Waals surface area contributed by atoms with Crippen molar-refractivity contribution < 1.29 is 32.2 Å². The van der Waals surface area contributed by atoms with E-state index in [1.807, 2.05) is 4.90 Å². The molecule has 1 fully saturated rings. The van der Waals surface area contributed by atoms with Crippen LogP contribution in [0.5, 0.6) is 0 Å². The summed E-state index contributed by atoms with van der Waals surface area (Å²) in [6, 6.07) is 7.63. The Kier molecular flexibility index (Phi) is 8.14. The number of rotatable bonds is 9. The number of hydrogen-bond donors (Lipinski definition) is 1. The molecule has 1 saturated heterocycles. The minimum absolute atomic E-state index is 0.0539. The van der Waals surface area contributed by atoms with Gasteiger partial charge in [-0.2, -0.15) is 4.31 Å². The Balaban J connectivity index is 1.45. The Morgan fingerprint density at radius 3 is 2.65 bits per heavy atom. The number of hydrogen-bond acceptors (Lipinski definition) is 8. The second kappa shape index (κ2) is 10.6. The van der Waals surface area contributed by atoms with Gasteiger partial charge in [-0.05, 0) is 12.1 Å². The zero-order valence-corrected chi connectivity index (χ0v) is 18.7. The van der Waals surface area contributed by atoms with Gasteiger partial charge in [0.05, 0.1) is 32.0 Å². The third-order valence-electron chi connectivity index (χ3n) is 4.92. The van der Waals surface area contributed by atoms with Crippen LogP contribution in [0.1, 0.15) is 15.9 Å². The quantitative estimate of drug-likeness (QED) is 0.553. The van der Waals surface area contributed by atoms with Gasteiger partial charge < -0.3 is 14.6 Å². The van der Waals surface area contributed by atoms with Gasteiger partial charge in [0.2, 0.25) is 0 Å². The maximum atomic E-state index is 13.6. The second-order valence-corrected chi connectivity index (χ2v) is 10.2. The Hall–Kier alpha value is -1.89. The molecule has 1 aliphatic rings. The average Bonchev–Trinajstić information content (AvgIpc) is 3.26. The predicted octanol–water partition coefficient (Wildman–Crippen LogP) is 1.56. The molecule has 1 N–H and O–H groups in total. The van der Waals surface area contributed by atoms with E-state index in [-0.39, 0.29) is 41.9 Å². The van der Waals surface area contributed by atoms with Gasteiger partial charge in [-0.15, -0.1) is 11.3 Å². The number of aliphatic hydroxyl groups is 1. The smallest absolute Gasteiger partial charge is 0.338 e. The molecule has 2 heterocycles. The van der Waals surface area contributed by atoms with Crippen LogP contribution in [0.2, 0.25) is 0 Å². The third kappa shape index (κ3) is 6.09. The van der Waals surface area contributed by atoms with E-state index in [4.69, 9.17) is 4.74 Å².